The minimum absolute atomic E-state index is 0.0938. The summed E-state index contributed by atoms with van der Waals surface area (Å²) in [4.78, 5) is 10.3. The molecular formula is C14H14N2O3. The molecular weight excluding hydrogens is 244 g/mol. The fourth-order valence-electron chi connectivity index (χ4n) is 1.77. The molecule has 0 aromatic heterocycles. The highest BCUT2D eigenvalue weighted by Gasteiger charge is 2.10. The predicted molar refractivity (Wildman–Crippen MR) is 73.0 cm³/mol. The minimum atomic E-state index is -0.406. The number of aryl methyl sites for hydroxylation is 1. The zero-order valence-corrected chi connectivity index (χ0v) is 10.5. The summed E-state index contributed by atoms with van der Waals surface area (Å²) in [5.41, 5.74) is 7.98. The zero-order chi connectivity index (χ0) is 13.8. The molecule has 5 nitrogen and oxygen atoms in total. The van der Waals surface area contributed by atoms with Gasteiger partial charge in [0.2, 0.25) is 0 Å². The average Bonchev–Trinajstić information content (AvgIpc) is 2.36. The number of hydrogen-bond acceptors (Lipinski definition) is 4. The second-order valence-electron chi connectivity index (χ2n) is 4.24. The van der Waals surface area contributed by atoms with E-state index in [4.69, 9.17) is 10.5 Å². The van der Waals surface area contributed by atoms with Crippen molar-refractivity contribution in [2.75, 3.05) is 5.73 Å². The van der Waals surface area contributed by atoms with Gasteiger partial charge in [-0.2, -0.15) is 0 Å². The monoisotopic (exact) mass is 258 g/mol. The van der Waals surface area contributed by atoms with Crippen LogP contribution in [0.25, 0.3) is 0 Å². The fraction of sp³-hybridized carbons (Fsp3) is 0.143. The van der Waals surface area contributed by atoms with Gasteiger partial charge in [0.1, 0.15) is 12.4 Å². The SMILES string of the molecule is Cc1cc(OCc2cccc(N)c2)ccc1[N+](=O)[O-]. The molecule has 2 rings (SSSR count). The van der Waals surface area contributed by atoms with Gasteiger partial charge in [0.05, 0.1) is 4.92 Å². The molecule has 0 radical (unpaired) electrons. The molecule has 2 aromatic carbocycles. The average molecular weight is 258 g/mol. The highest BCUT2D eigenvalue weighted by Crippen LogP contribution is 2.23. The van der Waals surface area contributed by atoms with Crippen LogP contribution in [0.1, 0.15) is 11.1 Å². The summed E-state index contributed by atoms with van der Waals surface area (Å²) in [5, 5.41) is 10.7. The van der Waals surface area contributed by atoms with E-state index >= 15 is 0 Å². The Balaban J connectivity index is 2.08. The van der Waals surface area contributed by atoms with Crippen LogP contribution in [0.4, 0.5) is 11.4 Å². The summed E-state index contributed by atoms with van der Waals surface area (Å²) < 4.78 is 5.58. The van der Waals surface area contributed by atoms with Crippen LogP contribution in [0.5, 0.6) is 5.75 Å². The van der Waals surface area contributed by atoms with Crippen molar-refractivity contribution in [3.05, 3.63) is 63.7 Å². The molecule has 2 N–H and O–H groups in total. The van der Waals surface area contributed by atoms with Crippen molar-refractivity contribution in [1.82, 2.24) is 0 Å². The molecule has 0 spiro atoms. The van der Waals surface area contributed by atoms with E-state index in [1.807, 2.05) is 18.2 Å². The van der Waals surface area contributed by atoms with Gasteiger partial charge in [-0.25, -0.2) is 0 Å². The highest BCUT2D eigenvalue weighted by molar-refractivity contribution is 5.44. The summed E-state index contributed by atoms with van der Waals surface area (Å²) in [6.45, 7) is 2.06. The molecule has 0 bridgehead atoms. The Kier molecular flexibility index (Phi) is 3.66. The molecule has 19 heavy (non-hydrogen) atoms. The van der Waals surface area contributed by atoms with Gasteiger partial charge < -0.3 is 10.5 Å². The lowest BCUT2D eigenvalue weighted by Crippen LogP contribution is -1.98. The normalized spacial score (nSPS) is 10.2. The smallest absolute Gasteiger partial charge is 0.272 e. The quantitative estimate of drug-likeness (QED) is 0.519. The molecule has 98 valence electrons. The Hall–Kier alpha value is -2.56. The van der Waals surface area contributed by atoms with Crippen molar-refractivity contribution in [3.63, 3.8) is 0 Å². The predicted octanol–water partition coefficient (Wildman–Crippen LogP) is 3.06. The highest BCUT2D eigenvalue weighted by atomic mass is 16.6. The first kappa shape index (κ1) is 12.9. The molecule has 2 aromatic rings. The van der Waals surface area contributed by atoms with Crippen LogP contribution >= 0.6 is 0 Å². The number of rotatable bonds is 4. The van der Waals surface area contributed by atoms with E-state index in [1.165, 1.54) is 6.07 Å². The second-order valence-corrected chi connectivity index (χ2v) is 4.24. The maximum Gasteiger partial charge on any atom is 0.272 e. The van der Waals surface area contributed by atoms with Crippen LogP contribution in [0.2, 0.25) is 0 Å². The molecule has 0 atom stereocenters. The number of benzene rings is 2. The number of nitro benzene ring substituents is 1. The summed E-state index contributed by atoms with van der Waals surface area (Å²) >= 11 is 0. The van der Waals surface area contributed by atoms with Crippen molar-refractivity contribution in [2.45, 2.75) is 13.5 Å². The van der Waals surface area contributed by atoms with Crippen LogP contribution in [0, 0.1) is 17.0 Å². The minimum Gasteiger partial charge on any atom is -0.489 e. The molecule has 0 aliphatic rings. The first-order valence-electron chi connectivity index (χ1n) is 5.78. The van der Waals surface area contributed by atoms with E-state index in [2.05, 4.69) is 0 Å². The largest absolute Gasteiger partial charge is 0.489 e. The van der Waals surface area contributed by atoms with E-state index in [1.54, 1.807) is 25.1 Å². The van der Waals surface area contributed by atoms with Gasteiger partial charge in [-0.1, -0.05) is 12.1 Å². The third-order valence-electron chi connectivity index (χ3n) is 2.72. The van der Waals surface area contributed by atoms with Crippen molar-refractivity contribution in [1.29, 1.82) is 0 Å². The Morgan fingerprint density at radius 2 is 2.05 bits per heavy atom. The number of ether oxygens (including phenoxy) is 1. The van der Waals surface area contributed by atoms with Crippen molar-refractivity contribution in [3.8, 4) is 5.75 Å². The van der Waals surface area contributed by atoms with Gasteiger partial charge >= 0.3 is 0 Å². The van der Waals surface area contributed by atoms with Gasteiger partial charge in [-0.3, -0.25) is 10.1 Å². The van der Waals surface area contributed by atoms with Crippen molar-refractivity contribution in [2.24, 2.45) is 0 Å². The van der Waals surface area contributed by atoms with Crippen LogP contribution in [0.15, 0.2) is 42.5 Å². The van der Waals surface area contributed by atoms with Gasteiger partial charge in [0.25, 0.3) is 5.69 Å². The Morgan fingerprint density at radius 3 is 2.68 bits per heavy atom. The van der Waals surface area contributed by atoms with Gasteiger partial charge in [0, 0.05) is 17.3 Å². The lowest BCUT2D eigenvalue weighted by molar-refractivity contribution is -0.385. The first-order valence-corrected chi connectivity index (χ1v) is 5.78. The van der Waals surface area contributed by atoms with Crippen LogP contribution < -0.4 is 10.5 Å². The maximum atomic E-state index is 10.7. The summed E-state index contributed by atoms with van der Waals surface area (Å²) in [7, 11) is 0. The van der Waals surface area contributed by atoms with Gasteiger partial charge in [-0.05, 0) is 36.8 Å². The van der Waals surface area contributed by atoms with E-state index in [0.717, 1.165) is 5.56 Å². The van der Waals surface area contributed by atoms with Gasteiger partial charge in [0.15, 0.2) is 0 Å². The molecule has 0 aliphatic heterocycles. The number of nitrogen functional groups attached to an aromatic ring is 1. The van der Waals surface area contributed by atoms with Crippen LogP contribution in [-0.4, -0.2) is 4.92 Å². The molecule has 0 unspecified atom stereocenters. The Bertz CT molecular complexity index is 611. The van der Waals surface area contributed by atoms with Crippen molar-refractivity contribution < 1.29 is 9.66 Å². The number of nitrogens with two attached hydrogens (primary N) is 1. The molecule has 0 heterocycles. The second kappa shape index (κ2) is 5.39. The number of nitrogens with zero attached hydrogens (tertiary/aromatic N) is 1. The molecule has 0 fully saturated rings. The summed E-state index contributed by atoms with van der Waals surface area (Å²) in [5.74, 6) is 0.602. The Labute approximate surface area is 110 Å². The number of anilines is 1. The van der Waals surface area contributed by atoms with E-state index < -0.39 is 4.92 Å². The standard InChI is InChI=1S/C14H14N2O3/c1-10-7-13(5-6-14(10)16(17)18)19-9-11-3-2-4-12(15)8-11/h2-8H,9,15H2,1H3. The third kappa shape index (κ3) is 3.22. The van der Waals surface area contributed by atoms with Crippen LogP contribution in [-0.2, 0) is 6.61 Å². The number of hydrogen-bond donors (Lipinski definition) is 1. The first-order chi connectivity index (χ1) is 9.06. The van der Waals surface area contributed by atoms with Crippen molar-refractivity contribution >= 4 is 11.4 Å². The molecule has 0 amide bonds. The summed E-state index contributed by atoms with van der Waals surface area (Å²) in [6.07, 6.45) is 0. The molecule has 0 aliphatic carbocycles. The van der Waals surface area contributed by atoms with E-state index in [9.17, 15) is 10.1 Å². The molecule has 0 saturated carbocycles. The molecule has 0 saturated heterocycles. The zero-order valence-electron chi connectivity index (χ0n) is 10.5. The lowest BCUT2D eigenvalue weighted by atomic mass is 10.2. The number of nitro groups is 1. The summed E-state index contributed by atoms with van der Waals surface area (Å²) in [6, 6.07) is 12.1. The van der Waals surface area contributed by atoms with E-state index in [-0.39, 0.29) is 5.69 Å². The fourth-order valence-corrected chi connectivity index (χ4v) is 1.77. The maximum absolute atomic E-state index is 10.7. The van der Waals surface area contributed by atoms with E-state index in [0.29, 0.717) is 23.6 Å². The third-order valence-corrected chi connectivity index (χ3v) is 2.72. The van der Waals surface area contributed by atoms with Gasteiger partial charge in [-0.15, -0.1) is 0 Å². The topological polar surface area (TPSA) is 78.4 Å². The van der Waals surface area contributed by atoms with Crippen LogP contribution in [0.3, 0.4) is 0 Å². The Morgan fingerprint density at radius 1 is 1.26 bits per heavy atom. The lowest BCUT2D eigenvalue weighted by Gasteiger charge is -2.07. The molecule has 5 heteroatoms.